The number of aromatic nitrogens is 1. The van der Waals surface area contributed by atoms with E-state index in [1.807, 2.05) is 17.0 Å². The molecule has 20 heavy (non-hydrogen) atoms. The highest BCUT2D eigenvalue weighted by atomic mass is 32.1. The number of hydrogen-bond acceptors (Lipinski definition) is 5. The molecule has 1 aromatic heterocycles. The first kappa shape index (κ1) is 13.9. The summed E-state index contributed by atoms with van der Waals surface area (Å²) in [5, 5.41) is 16.5. The number of hydrogen-bond donors (Lipinski definition) is 1. The van der Waals surface area contributed by atoms with Gasteiger partial charge >= 0.3 is 0 Å². The summed E-state index contributed by atoms with van der Waals surface area (Å²) >= 11 is 1.37. The van der Waals surface area contributed by atoms with Crippen LogP contribution in [0.25, 0.3) is 11.3 Å². The van der Waals surface area contributed by atoms with Gasteiger partial charge in [-0.1, -0.05) is 0 Å². The average molecular weight is 292 g/mol. The summed E-state index contributed by atoms with van der Waals surface area (Å²) in [5.74, 6) is -0.240. The largest absolute Gasteiger partial charge is 0.318 e. The van der Waals surface area contributed by atoms with Gasteiger partial charge in [0, 0.05) is 31.5 Å². The van der Waals surface area contributed by atoms with Crippen molar-refractivity contribution in [2.75, 3.05) is 0 Å². The first-order chi connectivity index (χ1) is 9.49. The van der Waals surface area contributed by atoms with Gasteiger partial charge in [-0.2, -0.15) is 0 Å². The van der Waals surface area contributed by atoms with E-state index in [1.165, 1.54) is 30.4 Å². The first-order valence-electron chi connectivity index (χ1n) is 5.68. The van der Waals surface area contributed by atoms with Gasteiger partial charge in [0.15, 0.2) is 0 Å². The zero-order valence-electron chi connectivity index (χ0n) is 10.9. The predicted octanol–water partition coefficient (Wildman–Crippen LogP) is 1.61. The van der Waals surface area contributed by atoms with Crippen LogP contribution in [0.4, 0.5) is 5.69 Å². The molecule has 0 saturated heterocycles. The topological polar surface area (TPSA) is 89.5 Å². The molecule has 0 fully saturated rings. The molecule has 0 unspecified atom stereocenters. The van der Waals surface area contributed by atoms with Crippen LogP contribution in [-0.4, -0.2) is 15.4 Å². The second-order valence-electron chi connectivity index (χ2n) is 4.05. The molecule has 0 atom stereocenters. The molecule has 0 aliphatic rings. The summed E-state index contributed by atoms with van der Waals surface area (Å²) in [5.41, 5.74) is 4.14. The van der Waals surface area contributed by atoms with Crippen molar-refractivity contribution in [1.29, 1.82) is 0 Å². The minimum absolute atomic E-state index is 0.0507. The third-order valence-corrected chi connectivity index (χ3v) is 3.52. The lowest BCUT2D eigenvalue weighted by atomic mass is 10.1. The van der Waals surface area contributed by atoms with Gasteiger partial charge < -0.3 is 4.57 Å². The minimum atomic E-state index is -0.436. The van der Waals surface area contributed by atoms with Crippen LogP contribution in [0.5, 0.6) is 0 Å². The van der Waals surface area contributed by atoms with Crippen molar-refractivity contribution >= 4 is 22.9 Å². The lowest BCUT2D eigenvalue weighted by Gasteiger charge is -2.02. The van der Waals surface area contributed by atoms with Crippen LogP contribution in [0.2, 0.25) is 0 Å². The second-order valence-corrected chi connectivity index (χ2v) is 4.88. The van der Waals surface area contributed by atoms with E-state index in [0.29, 0.717) is 4.80 Å². The molecule has 0 radical (unpaired) electrons. The Labute approximate surface area is 118 Å². The molecule has 0 spiro atoms. The van der Waals surface area contributed by atoms with Gasteiger partial charge in [-0.05, 0) is 17.7 Å². The van der Waals surface area contributed by atoms with E-state index in [-0.39, 0.29) is 11.6 Å². The van der Waals surface area contributed by atoms with Gasteiger partial charge in [-0.25, -0.2) is 5.43 Å². The molecular formula is C12H12N4O3S. The monoisotopic (exact) mass is 292 g/mol. The number of nitrogens with one attached hydrogen (secondary N) is 1. The summed E-state index contributed by atoms with van der Waals surface area (Å²) < 4.78 is 1.81. The van der Waals surface area contributed by atoms with Gasteiger partial charge in [0.1, 0.15) is 0 Å². The Morgan fingerprint density at radius 2 is 2.05 bits per heavy atom. The van der Waals surface area contributed by atoms with Crippen molar-refractivity contribution in [2.24, 2.45) is 12.1 Å². The fourth-order valence-corrected chi connectivity index (χ4v) is 2.48. The number of carbonyl (C=O) groups excluding carboxylic acids is 1. The maximum atomic E-state index is 10.8. The molecule has 7 nitrogen and oxygen atoms in total. The maximum absolute atomic E-state index is 10.8. The highest BCUT2D eigenvalue weighted by Crippen LogP contribution is 2.22. The van der Waals surface area contributed by atoms with Crippen molar-refractivity contribution in [3.8, 4) is 11.3 Å². The molecule has 0 bridgehead atoms. The quantitative estimate of drug-likeness (QED) is 0.688. The number of carbonyl (C=O) groups is 1. The first-order valence-corrected chi connectivity index (χ1v) is 6.56. The van der Waals surface area contributed by atoms with Crippen LogP contribution >= 0.6 is 11.3 Å². The maximum Gasteiger partial charge on any atom is 0.269 e. The van der Waals surface area contributed by atoms with Crippen LogP contribution in [0.3, 0.4) is 0 Å². The summed E-state index contributed by atoms with van der Waals surface area (Å²) in [7, 11) is 1.81. The summed E-state index contributed by atoms with van der Waals surface area (Å²) in [4.78, 5) is 21.6. The Hall–Kier alpha value is -2.48. The number of rotatable bonds is 3. The van der Waals surface area contributed by atoms with Gasteiger partial charge in [-0.15, -0.1) is 16.4 Å². The van der Waals surface area contributed by atoms with E-state index >= 15 is 0 Å². The van der Waals surface area contributed by atoms with Gasteiger partial charge in [0.25, 0.3) is 5.69 Å². The van der Waals surface area contributed by atoms with Crippen LogP contribution < -0.4 is 10.2 Å². The lowest BCUT2D eigenvalue weighted by molar-refractivity contribution is -0.384. The standard InChI is InChI=1S/C12H12N4O3S/c1-8(17)13-14-12-15(2)11(7-20-12)9-3-5-10(6-4-9)16(18)19/h3-7H,1-2H3,(H,13,17). The molecule has 0 aliphatic carbocycles. The van der Waals surface area contributed by atoms with Crippen molar-refractivity contribution in [3.05, 3.63) is 44.6 Å². The van der Waals surface area contributed by atoms with Crippen LogP contribution in [0, 0.1) is 10.1 Å². The van der Waals surface area contributed by atoms with E-state index < -0.39 is 4.92 Å². The smallest absolute Gasteiger partial charge is 0.269 e. The molecule has 8 heteroatoms. The molecule has 2 rings (SSSR count). The van der Waals surface area contributed by atoms with E-state index in [0.717, 1.165) is 11.3 Å². The van der Waals surface area contributed by atoms with Crippen molar-refractivity contribution in [3.63, 3.8) is 0 Å². The molecule has 0 saturated carbocycles. The molecular weight excluding hydrogens is 280 g/mol. The highest BCUT2D eigenvalue weighted by Gasteiger charge is 2.08. The molecule has 1 heterocycles. The third kappa shape index (κ3) is 2.91. The van der Waals surface area contributed by atoms with Crippen molar-refractivity contribution in [2.45, 2.75) is 6.92 Å². The number of nitro benzene ring substituents is 1. The van der Waals surface area contributed by atoms with Crippen LogP contribution in [-0.2, 0) is 11.8 Å². The minimum Gasteiger partial charge on any atom is -0.318 e. The fourth-order valence-electron chi connectivity index (χ4n) is 1.61. The Morgan fingerprint density at radius 3 is 2.60 bits per heavy atom. The molecule has 1 N–H and O–H groups in total. The SMILES string of the molecule is CC(=O)NN=c1scc(-c2ccc([N+](=O)[O-])cc2)n1C. The van der Waals surface area contributed by atoms with E-state index in [9.17, 15) is 14.9 Å². The zero-order chi connectivity index (χ0) is 14.7. The molecule has 1 aromatic carbocycles. The Balaban J connectivity index is 2.36. The molecule has 1 amide bonds. The number of nitrogens with zero attached hydrogens (tertiary/aromatic N) is 3. The van der Waals surface area contributed by atoms with E-state index in [2.05, 4.69) is 10.5 Å². The number of non-ortho nitro benzene ring substituents is 1. The third-order valence-electron chi connectivity index (χ3n) is 2.61. The van der Waals surface area contributed by atoms with Gasteiger partial charge in [-0.3, -0.25) is 14.9 Å². The Morgan fingerprint density at radius 1 is 1.40 bits per heavy atom. The molecule has 2 aromatic rings. The zero-order valence-corrected chi connectivity index (χ0v) is 11.7. The number of thiazole rings is 1. The van der Waals surface area contributed by atoms with E-state index in [4.69, 9.17) is 0 Å². The van der Waals surface area contributed by atoms with Crippen LogP contribution in [0.1, 0.15) is 6.92 Å². The summed E-state index contributed by atoms with van der Waals surface area (Å²) in [6.07, 6.45) is 0. The van der Waals surface area contributed by atoms with Crippen LogP contribution in [0.15, 0.2) is 34.7 Å². The normalized spacial score (nSPS) is 11.4. The predicted molar refractivity (Wildman–Crippen MR) is 74.8 cm³/mol. The second kappa shape index (κ2) is 5.66. The Bertz CT molecular complexity index is 715. The van der Waals surface area contributed by atoms with Crippen molar-refractivity contribution in [1.82, 2.24) is 9.99 Å². The summed E-state index contributed by atoms with van der Waals surface area (Å²) in [6, 6.07) is 6.28. The van der Waals surface area contributed by atoms with E-state index in [1.54, 1.807) is 12.1 Å². The number of benzene rings is 1. The van der Waals surface area contributed by atoms with Gasteiger partial charge in [0.05, 0.1) is 10.6 Å². The fraction of sp³-hybridized carbons (Fsp3) is 0.167. The Kier molecular flexibility index (Phi) is 3.94. The number of nitro groups is 1. The average Bonchev–Trinajstić information content (AvgIpc) is 2.78. The lowest BCUT2D eigenvalue weighted by Crippen LogP contribution is -2.21. The summed E-state index contributed by atoms with van der Waals surface area (Å²) in [6.45, 7) is 1.38. The molecule has 104 valence electrons. The molecule has 0 aliphatic heterocycles. The van der Waals surface area contributed by atoms with Crippen molar-refractivity contribution < 1.29 is 9.72 Å². The van der Waals surface area contributed by atoms with Gasteiger partial charge in [0.2, 0.25) is 10.7 Å². The number of amides is 1. The highest BCUT2D eigenvalue weighted by molar-refractivity contribution is 7.07.